The number of rotatable bonds is 3. The maximum Gasteiger partial charge on any atom is 0.340 e. The zero-order valence-corrected chi connectivity index (χ0v) is 9.60. The SMILES string of the molecule is COC(=O)c1cc(NC2CCOC2)ncc1N. The fraction of sp³-hybridized carbons (Fsp3) is 0.455. The zero-order chi connectivity index (χ0) is 12.3. The van der Waals surface area contributed by atoms with Crippen LogP contribution in [-0.2, 0) is 9.47 Å². The minimum absolute atomic E-state index is 0.233. The molecule has 0 bridgehead atoms. The van der Waals surface area contributed by atoms with Crippen LogP contribution in [0.5, 0.6) is 0 Å². The van der Waals surface area contributed by atoms with E-state index >= 15 is 0 Å². The third-order valence-corrected chi connectivity index (χ3v) is 2.62. The summed E-state index contributed by atoms with van der Waals surface area (Å²) in [7, 11) is 1.32. The summed E-state index contributed by atoms with van der Waals surface area (Å²) in [5, 5.41) is 3.19. The molecular formula is C11H15N3O3. The van der Waals surface area contributed by atoms with E-state index in [1.165, 1.54) is 13.3 Å². The van der Waals surface area contributed by atoms with E-state index in [1.54, 1.807) is 6.07 Å². The number of ether oxygens (including phenoxy) is 2. The second kappa shape index (κ2) is 5.01. The number of methoxy groups -OCH3 is 1. The van der Waals surface area contributed by atoms with Crippen molar-refractivity contribution in [1.82, 2.24) is 4.98 Å². The molecule has 3 N–H and O–H groups in total. The van der Waals surface area contributed by atoms with Crippen LogP contribution in [0.25, 0.3) is 0 Å². The first-order chi connectivity index (χ1) is 8.20. The quantitative estimate of drug-likeness (QED) is 0.751. The molecule has 1 aliphatic heterocycles. The molecule has 6 nitrogen and oxygen atoms in total. The van der Waals surface area contributed by atoms with Gasteiger partial charge in [0.2, 0.25) is 0 Å². The molecule has 2 heterocycles. The van der Waals surface area contributed by atoms with Crippen LogP contribution in [0, 0.1) is 0 Å². The maximum atomic E-state index is 11.4. The van der Waals surface area contributed by atoms with E-state index in [0.29, 0.717) is 23.7 Å². The fourth-order valence-corrected chi connectivity index (χ4v) is 1.69. The number of hydrogen-bond acceptors (Lipinski definition) is 6. The molecule has 1 aliphatic rings. The highest BCUT2D eigenvalue weighted by Gasteiger charge is 2.17. The average molecular weight is 237 g/mol. The molecular weight excluding hydrogens is 222 g/mol. The Morgan fingerprint density at radius 2 is 2.53 bits per heavy atom. The highest BCUT2D eigenvalue weighted by Crippen LogP contribution is 2.18. The van der Waals surface area contributed by atoms with Gasteiger partial charge in [-0.1, -0.05) is 0 Å². The Kier molecular flexibility index (Phi) is 3.43. The van der Waals surface area contributed by atoms with Crippen LogP contribution in [0.4, 0.5) is 11.5 Å². The van der Waals surface area contributed by atoms with E-state index in [0.717, 1.165) is 13.0 Å². The minimum Gasteiger partial charge on any atom is -0.465 e. The second-order valence-electron chi connectivity index (χ2n) is 3.85. The summed E-state index contributed by atoms with van der Waals surface area (Å²) in [5.74, 6) is 0.144. The molecule has 0 aliphatic carbocycles. The van der Waals surface area contributed by atoms with Crippen molar-refractivity contribution in [2.75, 3.05) is 31.4 Å². The lowest BCUT2D eigenvalue weighted by atomic mass is 10.2. The summed E-state index contributed by atoms with van der Waals surface area (Å²) in [6, 6.07) is 1.83. The van der Waals surface area contributed by atoms with Crippen molar-refractivity contribution in [3.8, 4) is 0 Å². The molecule has 0 spiro atoms. The number of nitrogens with two attached hydrogens (primary N) is 1. The van der Waals surface area contributed by atoms with Crippen molar-refractivity contribution in [1.29, 1.82) is 0 Å². The lowest BCUT2D eigenvalue weighted by Gasteiger charge is -2.12. The number of esters is 1. The number of nitrogens with zero attached hydrogens (tertiary/aromatic N) is 1. The molecule has 1 aromatic heterocycles. The van der Waals surface area contributed by atoms with Crippen LogP contribution < -0.4 is 11.1 Å². The van der Waals surface area contributed by atoms with Gasteiger partial charge in [0.25, 0.3) is 0 Å². The zero-order valence-electron chi connectivity index (χ0n) is 9.60. The smallest absolute Gasteiger partial charge is 0.340 e. The lowest BCUT2D eigenvalue weighted by molar-refractivity contribution is 0.0602. The largest absolute Gasteiger partial charge is 0.465 e. The average Bonchev–Trinajstić information content (AvgIpc) is 2.83. The number of aromatic nitrogens is 1. The summed E-state index contributed by atoms with van der Waals surface area (Å²) in [5.41, 5.74) is 6.29. The summed E-state index contributed by atoms with van der Waals surface area (Å²) >= 11 is 0. The second-order valence-corrected chi connectivity index (χ2v) is 3.85. The van der Waals surface area contributed by atoms with Gasteiger partial charge in [0, 0.05) is 6.61 Å². The predicted octanol–water partition coefficient (Wildman–Crippen LogP) is 0.651. The number of pyridine rings is 1. The van der Waals surface area contributed by atoms with Crippen LogP contribution in [0.2, 0.25) is 0 Å². The summed E-state index contributed by atoms with van der Waals surface area (Å²) < 4.78 is 9.89. The van der Waals surface area contributed by atoms with Crippen molar-refractivity contribution in [3.63, 3.8) is 0 Å². The van der Waals surface area contributed by atoms with Gasteiger partial charge in [-0.25, -0.2) is 9.78 Å². The summed E-state index contributed by atoms with van der Waals surface area (Å²) in [6.07, 6.45) is 2.38. The molecule has 2 rings (SSSR count). The molecule has 1 aromatic rings. The van der Waals surface area contributed by atoms with Crippen LogP contribution >= 0.6 is 0 Å². The first-order valence-corrected chi connectivity index (χ1v) is 5.39. The third kappa shape index (κ3) is 2.65. The van der Waals surface area contributed by atoms with Gasteiger partial charge >= 0.3 is 5.97 Å². The standard InChI is InChI=1S/C11H15N3O3/c1-16-11(15)8-4-10(13-5-9(8)12)14-7-2-3-17-6-7/h4-5,7H,2-3,6,12H2,1H3,(H,13,14). The molecule has 0 saturated carbocycles. The molecule has 1 saturated heterocycles. The van der Waals surface area contributed by atoms with Gasteiger partial charge in [0.15, 0.2) is 0 Å². The number of nitrogens with one attached hydrogen (secondary N) is 1. The summed E-state index contributed by atoms with van der Waals surface area (Å²) in [6.45, 7) is 1.40. The first kappa shape index (κ1) is 11.7. The molecule has 0 radical (unpaired) electrons. The van der Waals surface area contributed by atoms with Gasteiger partial charge in [-0.3, -0.25) is 0 Å². The molecule has 1 unspecified atom stereocenters. The maximum absolute atomic E-state index is 11.4. The Labute approximate surface area is 99.1 Å². The molecule has 17 heavy (non-hydrogen) atoms. The Morgan fingerprint density at radius 3 is 3.18 bits per heavy atom. The number of carbonyl (C=O) groups is 1. The van der Waals surface area contributed by atoms with E-state index in [2.05, 4.69) is 15.0 Å². The van der Waals surface area contributed by atoms with Gasteiger partial charge in [0.05, 0.1) is 37.2 Å². The monoisotopic (exact) mass is 237 g/mol. The van der Waals surface area contributed by atoms with Crippen LogP contribution in [0.1, 0.15) is 16.8 Å². The molecule has 1 fully saturated rings. The molecule has 1 atom stereocenters. The fourth-order valence-electron chi connectivity index (χ4n) is 1.69. The van der Waals surface area contributed by atoms with Gasteiger partial charge in [0.1, 0.15) is 5.82 Å². The van der Waals surface area contributed by atoms with Gasteiger partial charge < -0.3 is 20.5 Å². The normalized spacial score (nSPS) is 19.0. The van der Waals surface area contributed by atoms with E-state index in [4.69, 9.17) is 10.5 Å². The first-order valence-electron chi connectivity index (χ1n) is 5.39. The lowest BCUT2D eigenvalue weighted by Crippen LogP contribution is -2.20. The summed E-state index contributed by atoms with van der Waals surface area (Å²) in [4.78, 5) is 15.6. The van der Waals surface area contributed by atoms with E-state index < -0.39 is 5.97 Å². The van der Waals surface area contributed by atoms with Crippen molar-refractivity contribution in [2.45, 2.75) is 12.5 Å². The Hall–Kier alpha value is -1.82. The van der Waals surface area contributed by atoms with E-state index in [9.17, 15) is 4.79 Å². The number of nitrogen functional groups attached to an aromatic ring is 1. The van der Waals surface area contributed by atoms with Crippen LogP contribution in [-0.4, -0.2) is 37.3 Å². The van der Waals surface area contributed by atoms with Gasteiger partial charge in [-0.05, 0) is 12.5 Å². The van der Waals surface area contributed by atoms with Crippen LogP contribution in [0.3, 0.4) is 0 Å². The van der Waals surface area contributed by atoms with Crippen molar-refractivity contribution in [3.05, 3.63) is 17.8 Å². The highest BCUT2D eigenvalue weighted by molar-refractivity contribution is 5.95. The Bertz CT molecular complexity index is 416. The predicted molar refractivity (Wildman–Crippen MR) is 62.8 cm³/mol. The van der Waals surface area contributed by atoms with E-state index in [1.807, 2.05) is 0 Å². The Balaban J connectivity index is 2.15. The van der Waals surface area contributed by atoms with Crippen molar-refractivity contribution in [2.24, 2.45) is 0 Å². The van der Waals surface area contributed by atoms with E-state index in [-0.39, 0.29) is 6.04 Å². The Morgan fingerprint density at radius 1 is 1.71 bits per heavy atom. The number of anilines is 2. The van der Waals surface area contributed by atoms with Crippen molar-refractivity contribution < 1.29 is 14.3 Å². The minimum atomic E-state index is -0.462. The van der Waals surface area contributed by atoms with Crippen molar-refractivity contribution >= 4 is 17.5 Å². The molecule has 92 valence electrons. The number of hydrogen-bond donors (Lipinski definition) is 2. The molecule has 0 aromatic carbocycles. The third-order valence-electron chi connectivity index (χ3n) is 2.62. The highest BCUT2D eigenvalue weighted by atomic mass is 16.5. The van der Waals surface area contributed by atoms with Gasteiger partial charge in [-0.2, -0.15) is 0 Å². The molecule has 6 heteroatoms. The van der Waals surface area contributed by atoms with Crippen LogP contribution in [0.15, 0.2) is 12.3 Å². The van der Waals surface area contributed by atoms with Gasteiger partial charge in [-0.15, -0.1) is 0 Å². The topological polar surface area (TPSA) is 86.5 Å². The molecule has 0 amide bonds. The number of carbonyl (C=O) groups excluding carboxylic acids is 1.